The highest BCUT2D eigenvalue weighted by Gasteiger charge is 2.37. The van der Waals surface area contributed by atoms with E-state index in [1.807, 2.05) is 0 Å². The van der Waals surface area contributed by atoms with Crippen LogP contribution in [-0.4, -0.2) is 183 Å². The summed E-state index contributed by atoms with van der Waals surface area (Å²) in [6.45, 7) is 6.57. The van der Waals surface area contributed by atoms with Gasteiger partial charge < -0.3 is 80.6 Å². The van der Waals surface area contributed by atoms with Gasteiger partial charge in [0.25, 0.3) is 0 Å². The third-order valence-corrected chi connectivity index (χ3v) is 15.7. The molecule has 0 saturated heterocycles. The Bertz CT molecular complexity index is 1830. The van der Waals surface area contributed by atoms with Gasteiger partial charge in [0.2, 0.25) is 12.2 Å². The van der Waals surface area contributed by atoms with Gasteiger partial charge in [-0.15, -0.1) is 0 Å². The molecule has 0 aliphatic heterocycles. The van der Waals surface area contributed by atoms with Crippen molar-refractivity contribution in [3.05, 3.63) is 0 Å². The van der Waals surface area contributed by atoms with E-state index in [1.165, 1.54) is 225 Å². The van der Waals surface area contributed by atoms with Gasteiger partial charge in [0.05, 0.1) is 6.61 Å². The molecular weight excluding hydrogens is 1290 g/mol. The van der Waals surface area contributed by atoms with E-state index in [-0.39, 0.29) is 60.5 Å². The van der Waals surface area contributed by atoms with Crippen molar-refractivity contribution in [3.8, 4) is 0 Å². The van der Waals surface area contributed by atoms with Gasteiger partial charge in [-0.3, -0.25) is 14.4 Å². The summed E-state index contributed by atoms with van der Waals surface area (Å²) >= 11 is 0. The third kappa shape index (κ3) is 81.8. The van der Waals surface area contributed by atoms with Gasteiger partial charge in [-0.2, -0.15) is 0 Å². The van der Waals surface area contributed by atoms with E-state index < -0.39 is 90.3 Å². The highest BCUT2D eigenvalue weighted by Crippen LogP contribution is 2.18. The second-order valence-corrected chi connectivity index (χ2v) is 24.8. The zero-order valence-electron chi connectivity index (χ0n) is 59.9. The largest absolute Gasteiger partial charge is 0.481 e. The van der Waals surface area contributed by atoms with E-state index in [0.29, 0.717) is 25.7 Å². The molecule has 0 bridgehead atoms. The smallest absolute Gasteiger partial charge is 0.348 e. The third-order valence-electron chi connectivity index (χ3n) is 15.7. The number of aliphatic carboxylic acids is 6. The van der Waals surface area contributed by atoms with Crippen LogP contribution >= 0.6 is 0 Å². The van der Waals surface area contributed by atoms with Crippen LogP contribution in [0.15, 0.2) is 0 Å². The van der Waals surface area contributed by atoms with E-state index in [4.69, 9.17) is 60.9 Å². The van der Waals surface area contributed by atoms with Crippen molar-refractivity contribution in [2.75, 3.05) is 26.4 Å². The predicted octanol–water partition coefficient (Wildman–Crippen LogP) is 14.1. The standard InChI is InChI=1S/C25H46O8.C22H40O7.C18H36O2.C4H6O6.C3H8O2.2CH4/c1-2-3-4-5-6-7-8-9-10-11-12-13-14-15-16-18-21(27)33-23(24(29)30)22(28)25(31)32-20-17-19-26;1-2-3-4-5-6-7-8-9-10-11-12-13-14-15-16-17-18(23)29-20(22(27)28)19(24)21(25)26;1-2-3-4-5-6-7-8-9-10-11-12-13-14-15-16-17-18(19)20;5-1(3(7)8)2(6)4(9)10;4-2-1-3-5;;/h22-23,26,28H,2-20H2,1H3,(H,29,30);19-20,24H,2-17H2,1H3,(H,25,26)(H,27,28);2-17H2,1H3,(H,19,20);1-2,5-6H,(H,7,8)(H,9,10);4-5H,1-3H2;2*1H4. The van der Waals surface area contributed by atoms with Crippen molar-refractivity contribution in [2.24, 2.45) is 0 Å². The van der Waals surface area contributed by atoms with Crippen molar-refractivity contribution in [2.45, 2.75) is 393 Å². The minimum atomic E-state index is -2.27. The van der Waals surface area contributed by atoms with Crippen LogP contribution in [0.25, 0.3) is 0 Å². The number of carboxylic acid groups (broad SMARTS) is 6. The summed E-state index contributed by atoms with van der Waals surface area (Å²) in [4.78, 5) is 97.8. The molecule has 25 nitrogen and oxygen atoms in total. The molecule has 0 fully saturated rings. The molecule has 0 aliphatic rings. The number of aliphatic hydroxyl groups is 7. The zero-order chi connectivity index (χ0) is 74.0. The van der Waals surface area contributed by atoms with Crippen molar-refractivity contribution in [3.63, 3.8) is 0 Å². The molecule has 6 atom stereocenters. The maximum Gasteiger partial charge on any atom is 0.348 e. The minimum Gasteiger partial charge on any atom is -0.481 e. The lowest BCUT2D eigenvalue weighted by Gasteiger charge is -2.18. The lowest BCUT2D eigenvalue weighted by molar-refractivity contribution is -0.181. The average molecular weight is 1430 g/mol. The normalized spacial score (nSPS) is 12.3. The Morgan fingerprint density at radius 2 is 0.475 bits per heavy atom. The molecule has 0 heterocycles. The van der Waals surface area contributed by atoms with Gasteiger partial charge in [-0.05, 0) is 25.7 Å². The zero-order valence-corrected chi connectivity index (χ0v) is 59.9. The number of esters is 3. The fourth-order valence-electron chi connectivity index (χ4n) is 9.75. The fraction of sp³-hybridized carbons (Fsp3) is 0.878. The molecule has 0 aromatic heterocycles. The summed E-state index contributed by atoms with van der Waals surface area (Å²) in [5.74, 6) is -12.0. The highest BCUT2D eigenvalue weighted by molar-refractivity contribution is 5.87. The number of unbranched alkanes of at least 4 members (excludes halogenated alkanes) is 42. The Kier molecular flexibility index (Phi) is 90.7. The first-order valence-corrected chi connectivity index (χ1v) is 36.9. The molecular formula is C74H144O25. The predicted molar refractivity (Wildman–Crippen MR) is 383 cm³/mol. The number of ether oxygens (including phenoxy) is 3. The monoisotopic (exact) mass is 1430 g/mol. The quantitative estimate of drug-likeness (QED) is 0.0153. The molecule has 0 radical (unpaired) electrons. The summed E-state index contributed by atoms with van der Waals surface area (Å²) < 4.78 is 14.0. The van der Waals surface area contributed by atoms with E-state index in [0.717, 1.165) is 51.4 Å². The topological polar surface area (TPSA) is 444 Å². The van der Waals surface area contributed by atoms with Crippen LogP contribution in [0.3, 0.4) is 0 Å². The van der Waals surface area contributed by atoms with Crippen molar-refractivity contribution < 1.29 is 124 Å². The van der Waals surface area contributed by atoms with Gasteiger partial charge in [-0.1, -0.05) is 305 Å². The Hall–Kier alpha value is -5.05. The van der Waals surface area contributed by atoms with Crippen molar-refractivity contribution >= 4 is 53.7 Å². The second kappa shape index (κ2) is 83.6. The SMILES string of the molecule is C.C.CCCCCCCCCCCCCCCCCC(=O)O.CCCCCCCCCCCCCCCCCC(=O)OC(C(=O)O)C(O)C(=O)O.CCCCCCCCCCCCCCCCCC(=O)OC(C(=O)O)C(O)C(=O)OCCCO.O=C(O)C(O)C(O)C(=O)O.OCCCO. The summed E-state index contributed by atoms with van der Waals surface area (Å²) in [7, 11) is 0. The summed E-state index contributed by atoms with van der Waals surface area (Å²) in [5, 5.41) is 111. The van der Waals surface area contributed by atoms with E-state index in [9.17, 15) is 53.4 Å². The van der Waals surface area contributed by atoms with Crippen LogP contribution in [-0.2, 0) is 57.4 Å². The molecule has 590 valence electrons. The Morgan fingerprint density at radius 3 is 0.667 bits per heavy atom. The van der Waals surface area contributed by atoms with Crippen molar-refractivity contribution in [1.82, 2.24) is 0 Å². The van der Waals surface area contributed by atoms with Gasteiger partial charge in [-0.25, -0.2) is 28.8 Å². The first kappa shape index (κ1) is 107. The maximum atomic E-state index is 11.9. The average Bonchev–Trinajstić information content (AvgIpc) is 0.925. The molecule has 0 amide bonds. The molecule has 13 N–H and O–H groups in total. The molecule has 0 aromatic rings. The Balaban J connectivity index is -0.000000234. The molecule has 6 unspecified atom stereocenters. The Labute approximate surface area is 595 Å². The van der Waals surface area contributed by atoms with Crippen LogP contribution in [0.2, 0.25) is 0 Å². The van der Waals surface area contributed by atoms with Crippen LogP contribution < -0.4 is 0 Å². The minimum absolute atomic E-state index is 0. The van der Waals surface area contributed by atoms with Gasteiger partial charge in [0.1, 0.15) is 0 Å². The number of hydrogen-bond donors (Lipinski definition) is 13. The van der Waals surface area contributed by atoms with E-state index in [2.05, 4.69) is 30.2 Å². The van der Waals surface area contributed by atoms with Crippen LogP contribution in [0.5, 0.6) is 0 Å². The lowest BCUT2D eigenvalue weighted by atomic mass is 10.0. The molecule has 99 heavy (non-hydrogen) atoms. The fourth-order valence-corrected chi connectivity index (χ4v) is 9.75. The van der Waals surface area contributed by atoms with Gasteiger partial charge >= 0.3 is 53.7 Å². The number of rotatable bonds is 64. The van der Waals surface area contributed by atoms with E-state index in [1.54, 1.807) is 0 Å². The van der Waals surface area contributed by atoms with Gasteiger partial charge in [0.15, 0.2) is 24.4 Å². The first-order valence-electron chi connectivity index (χ1n) is 36.9. The molecule has 0 rings (SSSR count). The Morgan fingerprint density at radius 1 is 0.263 bits per heavy atom. The van der Waals surface area contributed by atoms with Crippen LogP contribution in [0.1, 0.15) is 357 Å². The second-order valence-electron chi connectivity index (χ2n) is 24.8. The number of carboxylic acids is 6. The molecule has 0 spiro atoms. The number of hydrogen-bond acceptors (Lipinski definition) is 19. The summed E-state index contributed by atoms with van der Waals surface area (Å²) in [5.41, 5.74) is 0. The summed E-state index contributed by atoms with van der Waals surface area (Å²) in [6, 6.07) is 0. The maximum absolute atomic E-state index is 11.9. The molecule has 25 heteroatoms. The number of aliphatic hydroxyl groups excluding tert-OH is 7. The number of carbonyl (C=O) groups is 9. The first-order chi connectivity index (χ1) is 46.5. The molecule has 0 saturated carbocycles. The molecule has 0 aliphatic carbocycles. The molecule has 0 aromatic carbocycles. The number of carbonyl (C=O) groups excluding carboxylic acids is 3. The van der Waals surface area contributed by atoms with Gasteiger partial charge in [0, 0.05) is 45.5 Å². The highest BCUT2D eigenvalue weighted by atomic mass is 16.6. The van der Waals surface area contributed by atoms with E-state index >= 15 is 0 Å². The van der Waals surface area contributed by atoms with Crippen molar-refractivity contribution in [1.29, 1.82) is 0 Å². The van der Waals surface area contributed by atoms with Crippen LogP contribution in [0.4, 0.5) is 0 Å². The van der Waals surface area contributed by atoms with Crippen LogP contribution in [0, 0.1) is 0 Å². The lowest BCUT2D eigenvalue weighted by Crippen LogP contribution is -2.44. The summed E-state index contributed by atoms with van der Waals surface area (Å²) in [6.07, 6.45) is 43.9.